The average Bonchev–Trinajstić information content (AvgIpc) is 2.68. The zero-order valence-corrected chi connectivity index (χ0v) is 14.5. The van der Waals surface area contributed by atoms with Crippen LogP contribution in [0.3, 0.4) is 0 Å². The summed E-state index contributed by atoms with van der Waals surface area (Å²) in [7, 11) is 0. The van der Waals surface area contributed by atoms with Crippen LogP contribution in [-0.2, 0) is 4.74 Å². The second-order valence-electron chi connectivity index (χ2n) is 5.98. The van der Waals surface area contributed by atoms with Crippen molar-refractivity contribution < 1.29 is 27.4 Å². The molecule has 2 aromatic carbocycles. The molecule has 0 aliphatic carbocycles. The summed E-state index contributed by atoms with van der Waals surface area (Å²) in [5.74, 6) is -2.14. The summed E-state index contributed by atoms with van der Waals surface area (Å²) in [6.07, 6.45) is -0.524. The van der Waals surface area contributed by atoms with E-state index in [4.69, 9.17) is 9.47 Å². The Morgan fingerprint density at radius 1 is 1.15 bits per heavy atom. The first-order chi connectivity index (χ1) is 13.0. The first-order valence-electron chi connectivity index (χ1n) is 8.51. The van der Waals surface area contributed by atoms with Gasteiger partial charge in [-0.05, 0) is 18.2 Å². The number of urea groups is 1. The Kier molecular flexibility index (Phi) is 6.18. The Hall–Kier alpha value is -2.74. The van der Waals surface area contributed by atoms with Crippen LogP contribution in [-0.4, -0.2) is 43.8 Å². The van der Waals surface area contributed by atoms with Gasteiger partial charge in [0.1, 0.15) is 24.3 Å². The number of hydrogen-bond acceptors (Lipinski definition) is 3. The summed E-state index contributed by atoms with van der Waals surface area (Å²) in [5.41, 5.74) is 0.414. The van der Waals surface area contributed by atoms with Gasteiger partial charge in [0.25, 0.3) is 0 Å². The molecule has 1 atom stereocenters. The summed E-state index contributed by atoms with van der Waals surface area (Å²) >= 11 is 0. The van der Waals surface area contributed by atoms with E-state index in [2.05, 4.69) is 5.32 Å². The Balaban J connectivity index is 1.46. The van der Waals surface area contributed by atoms with Crippen LogP contribution in [0.25, 0.3) is 0 Å². The zero-order valence-electron chi connectivity index (χ0n) is 14.5. The van der Waals surface area contributed by atoms with Gasteiger partial charge in [-0.2, -0.15) is 0 Å². The number of benzene rings is 2. The highest BCUT2D eigenvalue weighted by molar-refractivity contribution is 5.74. The monoisotopic (exact) mass is 380 g/mol. The minimum atomic E-state index is -0.996. The fourth-order valence-corrected chi connectivity index (χ4v) is 2.76. The predicted molar refractivity (Wildman–Crippen MR) is 91.9 cm³/mol. The predicted octanol–water partition coefficient (Wildman–Crippen LogP) is 3.27. The maximum atomic E-state index is 13.9. The summed E-state index contributed by atoms with van der Waals surface area (Å²) < 4.78 is 50.7. The first kappa shape index (κ1) is 19.0. The van der Waals surface area contributed by atoms with E-state index in [9.17, 15) is 18.0 Å². The lowest BCUT2D eigenvalue weighted by Crippen LogP contribution is -2.48. The highest BCUT2D eigenvalue weighted by atomic mass is 19.2. The molecule has 0 radical (unpaired) electrons. The normalized spacial score (nSPS) is 16.9. The molecule has 2 amide bonds. The summed E-state index contributed by atoms with van der Waals surface area (Å²) in [6.45, 7) is 1.20. The van der Waals surface area contributed by atoms with Crippen molar-refractivity contribution in [2.75, 3.05) is 32.8 Å². The van der Waals surface area contributed by atoms with Crippen molar-refractivity contribution >= 4 is 6.03 Å². The smallest absolute Gasteiger partial charge is 0.317 e. The van der Waals surface area contributed by atoms with Crippen molar-refractivity contribution in [1.29, 1.82) is 0 Å². The van der Waals surface area contributed by atoms with Crippen molar-refractivity contribution in [3.63, 3.8) is 0 Å². The number of nitrogens with one attached hydrogen (secondary N) is 1. The highest BCUT2D eigenvalue weighted by Crippen LogP contribution is 2.24. The van der Waals surface area contributed by atoms with E-state index in [0.29, 0.717) is 18.7 Å². The van der Waals surface area contributed by atoms with Crippen LogP contribution in [0.1, 0.15) is 11.7 Å². The molecule has 3 rings (SSSR count). The number of amides is 2. The van der Waals surface area contributed by atoms with Crippen LogP contribution < -0.4 is 10.1 Å². The number of rotatable bonds is 5. The number of ether oxygens (including phenoxy) is 2. The summed E-state index contributed by atoms with van der Waals surface area (Å²) in [4.78, 5) is 13.8. The van der Waals surface area contributed by atoms with Gasteiger partial charge in [0.2, 0.25) is 0 Å². The maximum Gasteiger partial charge on any atom is 0.317 e. The van der Waals surface area contributed by atoms with Gasteiger partial charge in [-0.3, -0.25) is 0 Å². The van der Waals surface area contributed by atoms with Crippen molar-refractivity contribution in [2.24, 2.45) is 0 Å². The second kappa shape index (κ2) is 8.77. The van der Waals surface area contributed by atoms with E-state index in [-0.39, 0.29) is 37.3 Å². The molecule has 0 saturated carbocycles. The third kappa shape index (κ3) is 4.91. The molecule has 1 unspecified atom stereocenters. The van der Waals surface area contributed by atoms with Crippen LogP contribution in [0.2, 0.25) is 0 Å². The number of hydrogen-bond donors (Lipinski definition) is 1. The zero-order chi connectivity index (χ0) is 19.2. The number of carbonyl (C=O) groups excluding carboxylic acids is 1. The molecule has 1 aliphatic rings. The molecule has 0 bridgehead atoms. The van der Waals surface area contributed by atoms with E-state index in [1.165, 1.54) is 17.0 Å². The van der Waals surface area contributed by atoms with Gasteiger partial charge in [-0.15, -0.1) is 0 Å². The van der Waals surface area contributed by atoms with Gasteiger partial charge in [0, 0.05) is 18.2 Å². The van der Waals surface area contributed by atoms with Crippen LogP contribution in [0.15, 0.2) is 42.5 Å². The Bertz CT molecular complexity index is 804. The van der Waals surface area contributed by atoms with Crippen molar-refractivity contribution in [3.8, 4) is 5.75 Å². The molecule has 0 aromatic heterocycles. The molecule has 1 fully saturated rings. The topological polar surface area (TPSA) is 50.8 Å². The van der Waals surface area contributed by atoms with Gasteiger partial charge >= 0.3 is 6.03 Å². The third-order valence-electron chi connectivity index (χ3n) is 4.14. The molecular formula is C19H19F3N2O3. The largest absolute Gasteiger partial charge is 0.492 e. The minimum Gasteiger partial charge on any atom is -0.492 e. The van der Waals surface area contributed by atoms with E-state index in [0.717, 1.165) is 12.1 Å². The molecule has 1 heterocycles. The van der Waals surface area contributed by atoms with Crippen molar-refractivity contribution in [1.82, 2.24) is 10.2 Å². The lowest BCUT2D eigenvalue weighted by Gasteiger charge is -2.33. The lowest BCUT2D eigenvalue weighted by molar-refractivity contribution is -0.0171. The molecule has 5 nitrogen and oxygen atoms in total. The quantitative estimate of drug-likeness (QED) is 0.810. The Morgan fingerprint density at radius 2 is 1.96 bits per heavy atom. The molecule has 144 valence electrons. The molecule has 0 spiro atoms. The van der Waals surface area contributed by atoms with E-state index < -0.39 is 17.7 Å². The number of carbonyl (C=O) groups is 1. The Labute approximate surface area is 154 Å². The minimum absolute atomic E-state index is 0.0951. The second-order valence-corrected chi connectivity index (χ2v) is 5.98. The molecule has 1 saturated heterocycles. The standard InChI is InChI=1S/C19H19F3N2O3/c20-15-4-2-1-3-14(15)18-12-24(8-10-27-18)19(25)23-7-9-26-13-5-6-16(21)17(22)11-13/h1-6,11,18H,7-10,12H2,(H,23,25). The fourth-order valence-electron chi connectivity index (χ4n) is 2.76. The molecule has 8 heteroatoms. The number of nitrogens with zero attached hydrogens (tertiary/aromatic N) is 1. The van der Waals surface area contributed by atoms with Crippen LogP contribution in [0.4, 0.5) is 18.0 Å². The third-order valence-corrected chi connectivity index (χ3v) is 4.14. The molecule has 1 N–H and O–H groups in total. The summed E-state index contributed by atoms with van der Waals surface area (Å²) in [6, 6.07) is 9.20. The van der Waals surface area contributed by atoms with Crippen LogP contribution in [0.5, 0.6) is 5.75 Å². The van der Waals surface area contributed by atoms with Gasteiger partial charge < -0.3 is 19.7 Å². The van der Waals surface area contributed by atoms with Crippen LogP contribution in [0, 0.1) is 17.5 Å². The molecule has 1 aliphatic heterocycles. The van der Waals surface area contributed by atoms with Crippen molar-refractivity contribution in [3.05, 3.63) is 65.5 Å². The van der Waals surface area contributed by atoms with Gasteiger partial charge in [-0.25, -0.2) is 18.0 Å². The molecule has 2 aromatic rings. The SMILES string of the molecule is O=C(NCCOc1ccc(F)c(F)c1)N1CCOC(c2ccccc2F)C1. The number of morpholine rings is 1. The van der Waals surface area contributed by atoms with E-state index in [1.807, 2.05) is 0 Å². The van der Waals surface area contributed by atoms with E-state index >= 15 is 0 Å². The Morgan fingerprint density at radius 3 is 2.74 bits per heavy atom. The molecular weight excluding hydrogens is 361 g/mol. The first-order valence-corrected chi connectivity index (χ1v) is 8.51. The van der Waals surface area contributed by atoms with Crippen molar-refractivity contribution in [2.45, 2.75) is 6.10 Å². The fraction of sp³-hybridized carbons (Fsp3) is 0.316. The highest BCUT2D eigenvalue weighted by Gasteiger charge is 2.26. The van der Waals surface area contributed by atoms with Gasteiger partial charge in [0.05, 0.1) is 19.7 Å². The van der Waals surface area contributed by atoms with E-state index in [1.54, 1.807) is 18.2 Å². The average molecular weight is 380 g/mol. The van der Waals surface area contributed by atoms with Gasteiger partial charge in [0.15, 0.2) is 11.6 Å². The summed E-state index contributed by atoms with van der Waals surface area (Å²) in [5, 5.41) is 2.68. The van der Waals surface area contributed by atoms with Crippen LogP contribution >= 0.6 is 0 Å². The number of halogens is 3. The molecule has 27 heavy (non-hydrogen) atoms. The van der Waals surface area contributed by atoms with Gasteiger partial charge in [-0.1, -0.05) is 18.2 Å². The lowest BCUT2D eigenvalue weighted by atomic mass is 10.1. The maximum absolute atomic E-state index is 13.9.